The number of imidazole rings is 1. The normalized spacial score (nSPS) is 12.0. The van der Waals surface area contributed by atoms with Crippen molar-refractivity contribution in [1.29, 1.82) is 5.26 Å². The van der Waals surface area contributed by atoms with Crippen molar-refractivity contribution in [3.05, 3.63) is 41.3 Å². The summed E-state index contributed by atoms with van der Waals surface area (Å²) in [5, 5.41) is 12.5. The van der Waals surface area contributed by atoms with E-state index in [-0.39, 0.29) is 41.4 Å². The number of amides is 1. The zero-order valence-electron chi connectivity index (χ0n) is 17.6. The fraction of sp³-hybridized carbons (Fsp3) is 0.333. The second kappa shape index (κ2) is 8.47. The third kappa shape index (κ3) is 4.65. The first kappa shape index (κ1) is 23.0. The number of nitrogens with zero attached hydrogens (tertiary/aromatic N) is 3. The van der Waals surface area contributed by atoms with Gasteiger partial charge in [0.2, 0.25) is 5.91 Å². The fourth-order valence-corrected chi connectivity index (χ4v) is 3.12. The van der Waals surface area contributed by atoms with Crippen LogP contribution < -0.4 is 15.8 Å². The van der Waals surface area contributed by atoms with Crippen molar-refractivity contribution in [3.8, 4) is 23.1 Å². The van der Waals surface area contributed by atoms with Gasteiger partial charge in [-0.1, -0.05) is 0 Å². The number of benzene rings is 1. The molecule has 3 rings (SSSR count). The van der Waals surface area contributed by atoms with Gasteiger partial charge in [-0.3, -0.25) is 10.1 Å². The molecule has 32 heavy (non-hydrogen) atoms. The minimum absolute atomic E-state index is 0.0480. The summed E-state index contributed by atoms with van der Waals surface area (Å²) in [5.41, 5.74) is 4.42. The number of alkyl halides is 3. The molecule has 11 heteroatoms. The highest BCUT2D eigenvalue weighted by molar-refractivity contribution is 5.84. The van der Waals surface area contributed by atoms with E-state index in [2.05, 4.69) is 20.3 Å². The van der Waals surface area contributed by atoms with E-state index in [9.17, 15) is 23.2 Å². The van der Waals surface area contributed by atoms with Gasteiger partial charge in [0.25, 0.3) is 0 Å². The molecule has 0 saturated heterocycles. The van der Waals surface area contributed by atoms with Gasteiger partial charge in [-0.15, -0.1) is 0 Å². The van der Waals surface area contributed by atoms with Crippen molar-refractivity contribution in [2.24, 2.45) is 5.73 Å². The Morgan fingerprint density at radius 1 is 1.28 bits per heavy atom. The third-order valence-electron chi connectivity index (χ3n) is 4.75. The van der Waals surface area contributed by atoms with Crippen molar-refractivity contribution in [3.63, 3.8) is 0 Å². The summed E-state index contributed by atoms with van der Waals surface area (Å²) in [6.45, 7) is 5.11. The van der Waals surface area contributed by atoms with Gasteiger partial charge in [0.15, 0.2) is 5.69 Å². The maximum Gasteiger partial charge on any atom is 0.419 e. The Labute approximate surface area is 181 Å². The SMILES string of the molecule is CCOc1ccc(-c2cc3[nH]c(C(C)(C)NCC(N)=O)nc3c(C#N)n2)cc1C(F)(F)F. The second-order valence-electron chi connectivity index (χ2n) is 7.54. The van der Waals surface area contributed by atoms with Gasteiger partial charge in [0, 0.05) is 5.56 Å². The summed E-state index contributed by atoms with van der Waals surface area (Å²) in [7, 11) is 0. The van der Waals surface area contributed by atoms with Crippen LogP contribution in [0.25, 0.3) is 22.3 Å². The standard InChI is InChI=1S/C21H21F3N6O2/c1-4-32-16-6-5-11(7-12(16)21(22,23)24)13-8-14-18(15(9-25)28-13)30-19(29-14)20(2,3)27-10-17(26)31/h5-8,27H,4,10H2,1-3H3,(H2,26,31)(H,29,30). The molecule has 1 amide bonds. The first-order chi connectivity index (χ1) is 15.0. The van der Waals surface area contributed by atoms with Crippen LogP contribution in [0.4, 0.5) is 13.2 Å². The molecule has 0 aliphatic heterocycles. The molecule has 0 unspecified atom stereocenters. The second-order valence-corrected chi connectivity index (χ2v) is 7.54. The summed E-state index contributed by atoms with van der Waals surface area (Å²) >= 11 is 0. The molecule has 0 bridgehead atoms. The zero-order chi connectivity index (χ0) is 23.7. The minimum Gasteiger partial charge on any atom is -0.493 e. The fourth-order valence-electron chi connectivity index (χ4n) is 3.12. The Bertz CT molecular complexity index is 1210. The monoisotopic (exact) mass is 446 g/mol. The lowest BCUT2D eigenvalue weighted by molar-refractivity contribution is -0.138. The Kier molecular flexibility index (Phi) is 6.09. The number of hydrogen-bond donors (Lipinski definition) is 3. The Balaban J connectivity index is 2.11. The predicted octanol–water partition coefficient (Wildman–Crippen LogP) is 3.22. The molecular formula is C21H21F3N6O2. The van der Waals surface area contributed by atoms with Crippen LogP contribution in [0.2, 0.25) is 0 Å². The largest absolute Gasteiger partial charge is 0.493 e. The lowest BCUT2D eigenvalue weighted by Gasteiger charge is -2.22. The highest BCUT2D eigenvalue weighted by Crippen LogP contribution is 2.39. The van der Waals surface area contributed by atoms with E-state index in [1.165, 1.54) is 18.2 Å². The van der Waals surface area contributed by atoms with Gasteiger partial charge >= 0.3 is 6.18 Å². The highest BCUT2D eigenvalue weighted by Gasteiger charge is 2.35. The van der Waals surface area contributed by atoms with Gasteiger partial charge in [-0.05, 0) is 45.0 Å². The van der Waals surface area contributed by atoms with Gasteiger partial charge in [-0.2, -0.15) is 18.4 Å². The smallest absolute Gasteiger partial charge is 0.419 e. The topological polar surface area (TPSA) is 130 Å². The number of halogens is 3. The molecule has 0 aliphatic carbocycles. The van der Waals surface area contributed by atoms with E-state index in [0.29, 0.717) is 11.3 Å². The Morgan fingerprint density at radius 3 is 2.59 bits per heavy atom. The van der Waals surface area contributed by atoms with E-state index < -0.39 is 23.2 Å². The molecule has 4 N–H and O–H groups in total. The van der Waals surface area contributed by atoms with Crippen molar-refractivity contribution in [2.75, 3.05) is 13.2 Å². The summed E-state index contributed by atoms with van der Waals surface area (Å²) in [6.07, 6.45) is -4.63. The molecule has 0 spiro atoms. The zero-order valence-corrected chi connectivity index (χ0v) is 17.6. The first-order valence-electron chi connectivity index (χ1n) is 9.65. The molecule has 0 aliphatic rings. The van der Waals surface area contributed by atoms with Gasteiger partial charge in [0.05, 0.1) is 35.5 Å². The van der Waals surface area contributed by atoms with Crippen LogP contribution in [-0.2, 0) is 16.5 Å². The van der Waals surface area contributed by atoms with Crippen LogP contribution >= 0.6 is 0 Å². The molecule has 0 saturated carbocycles. The highest BCUT2D eigenvalue weighted by atomic mass is 19.4. The maximum atomic E-state index is 13.5. The van der Waals surface area contributed by atoms with Crippen molar-refractivity contribution >= 4 is 16.9 Å². The van der Waals surface area contributed by atoms with Crippen LogP contribution in [0.3, 0.4) is 0 Å². The summed E-state index contributed by atoms with van der Waals surface area (Å²) < 4.78 is 45.7. The first-order valence-corrected chi connectivity index (χ1v) is 9.65. The number of fused-ring (bicyclic) bond motifs is 1. The summed E-state index contributed by atoms with van der Waals surface area (Å²) in [4.78, 5) is 22.8. The number of pyridine rings is 1. The van der Waals surface area contributed by atoms with Crippen molar-refractivity contribution < 1.29 is 22.7 Å². The van der Waals surface area contributed by atoms with Crippen LogP contribution in [-0.4, -0.2) is 34.0 Å². The summed E-state index contributed by atoms with van der Waals surface area (Å²) in [6, 6.07) is 7.08. The number of nitrogens with one attached hydrogen (secondary N) is 2. The number of aromatic nitrogens is 3. The number of hydrogen-bond acceptors (Lipinski definition) is 6. The van der Waals surface area contributed by atoms with E-state index in [1.54, 1.807) is 20.8 Å². The van der Waals surface area contributed by atoms with E-state index in [0.717, 1.165) is 6.07 Å². The molecule has 8 nitrogen and oxygen atoms in total. The number of rotatable bonds is 7. The molecule has 168 valence electrons. The average molecular weight is 446 g/mol. The number of carbonyl (C=O) groups excluding carboxylic acids is 1. The predicted molar refractivity (Wildman–Crippen MR) is 110 cm³/mol. The number of aromatic amines is 1. The van der Waals surface area contributed by atoms with Crippen LogP contribution in [0.1, 0.15) is 37.9 Å². The Hall–Kier alpha value is -3.65. The number of primary amides is 1. The van der Waals surface area contributed by atoms with Gasteiger partial charge in [0.1, 0.15) is 23.2 Å². The van der Waals surface area contributed by atoms with E-state index in [1.807, 2.05) is 6.07 Å². The number of nitriles is 1. The number of H-pyrrole nitrogens is 1. The maximum absolute atomic E-state index is 13.5. The molecule has 0 atom stereocenters. The lowest BCUT2D eigenvalue weighted by atomic mass is 10.1. The van der Waals surface area contributed by atoms with Crippen LogP contribution in [0.5, 0.6) is 5.75 Å². The minimum atomic E-state index is -4.63. The number of carbonyl (C=O) groups is 1. The van der Waals surface area contributed by atoms with Gasteiger partial charge < -0.3 is 15.5 Å². The van der Waals surface area contributed by atoms with Crippen LogP contribution in [0.15, 0.2) is 24.3 Å². The van der Waals surface area contributed by atoms with Gasteiger partial charge in [-0.25, -0.2) is 9.97 Å². The van der Waals surface area contributed by atoms with Crippen molar-refractivity contribution in [2.45, 2.75) is 32.5 Å². The molecule has 1 aromatic carbocycles. The quantitative estimate of drug-likeness (QED) is 0.511. The lowest BCUT2D eigenvalue weighted by Crippen LogP contribution is -2.42. The van der Waals surface area contributed by atoms with E-state index in [4.69, 9.17) is 10.5 Å². The summed E-state index contributed by atoms with van der Waals surface area (Å²) in [5.74, 6) is -0.421. The molecular weight excluding hydrogens is 425 g/mol. The van der Waals surface area contributed by atoms with E-state index >= 15 is 0 Å². The van der Waals surface area contributed by atoms with Crippen LogP contribution in [0, 0.1) is 11.3 Å². The van der Waals surface area contributed by atoms with Crippen molar-refractivity contribution in [1.82, 2.24) is 20.3 Å². The molecule has 3 aromatic rings. The number of nitrogens with two attached hydrogens (primary N) is 1. The Morgan fingerprint density at radius 2 is 2.00 bits per heavy atom. The molecule has 0 fully saturated rings. The average Bonchev–Trinajstić information content (AvgIpc) is 3.16. The number of ether oxygens (including phenoxy) is 1. The molecule has 0 radical (unpaired) electrons. The molecule has 2 aromatic heterocycles. The third-order valence-corrected chi connectivity index (χ3v) is 4.75. The molecule has 2 heterocycles.